The van der Waals surface area contributed by atoms with Gasteiger partial charge < -0.3 is 14.6 Å². The smallest absolute Gasteiger partial charge is 0.363 e. The van der Waals surface area contributed by atoms with Crippen molar-refractivity contribution in [2.45, 2.75) is 0 Å². The summed E-state index contributed by atoms with van der Waals surface area (Å²) in [6, 6.07) is 0.848. The highest BCUT2D eigenvalue weighted by Crippen LogP contribution is 2.48. The summed E-state index contributed by atoms with van der Waals surface area (Å²) in [4.78, 5) is 19.4. The number of rotatable bonds is 4. The first kappa shape index (κ1) is 12.5. The summed E-state index contributed by atoms with van der Waals surface area (Å²) >= 11 is 0. The Hall–Kier alpha value is -2.58. The fraction of sp³-hybridized carbons (Fsp3) is 0.250. The number of methoxy groups -OCH3 is 2. The lowest BCUT2D eigenvalue weighted by atomic mass is 10.2. The predicted octanol–water partition coefficient (Wildman–Crippen LogP) is 1.23. The van der Waals surface area contributed by atoms with Gasteiger partial charge in [-0.3, -0.25) is 20.2 Å². The molecule has 0 saturated heterocycles. The van der Waals surface area contributed by atoms with E-state index in [4.69, 9.17) is 9.47 Å². The van der Waals surface area contributed by atoms with Gasteiger partial charge in [0, 0.05) is 0 Å². The largest absolute Gasteiger partial charge is 0.497 e. The SMILES string of the molecule is COc1cc([N+](=O)[O-])c(O)c([N+](=O)[O-])c1OC. The van der Waals surface area contributed by atoms with Crippen molar-refractivity contribution in [1.29, 1.82) is 0 Å². The highest BCUT2D eigenvalue weighted by atomic mass is 16.6. The summed E-state index contributed by atoms with van der Waals surface area (Å²) in [5.74, 6) is -1.65. The Morgan fingerprint density at radius 1 is 1.18 bits per heavy atom. The minimum absolute atomic E-state index is 0.205. The standard InChI is InChI=1S/C8H8N2O7/c1-16-5-3-4(9(12)13)7(11)6(10(14)15)8(5)17-2/h3,11H,1-2H3. The molecular formula is C8H8N2O7. The Bertz CT molecular complexity index is 485. The Morgan fingerprint density at radius 3 is 2.12 bits per heavy atom. The van der Waals surface area contributed by atoms with Crippen molar-refractivity contribution in [2.24, 2.45) is 0 Å². The minimum atomic E-state index is -1.07. The summed E-state index contributed by atoms with van der Waals surface area (Å²) < 4.78 is 9.42. The first-order chi connectivity index (χ1) is 7.93. The number of aromatic hydroxyl groups is 1. The van der Waals surface area contributed by atoms with Crippen molar-refractivity contribution in [3.8, 4) is 17.2 Å². The summed E-state index contributed by atoms with van der Waals surface area (Å²) in [5, 5.41) is 30.8. The van der Waals surface area contributed by atoms with E-state index in [2.05, 4.69) is 0 Å². The number of ether oxygens (including phenoxy) is 2. The van der Waals surface area contributed by atoms with Crippen LogP contribution in [0.25, 0.3) is 0 Å². The molecule has 0 aromatic heterocycles. The molecule has 0 saturated carbocycles. The summed E-state index contributed by atoms with van der Waals surface area (Å²) in [6.45, 7) is 0. The molecule has 0 radical (unpaired) electrons. The molecular weight excluding hydrogens is 236 g/mol. The zero-order valence-corrected chi connectivity index (χ0v) is 8.87. The van der Waals surface area contributed by atoms with Crippen LogP contribution in [0.1, 0.15) is 0 Å². The molecule has 9 nitrogen and oxygen atoms in total. The lowest BCUT2D eigenvalue weighted by molar-refractivity contribution is -0.396. The maximum atomic E-state index is 10.7. The van der Waals surface area contributed by atoms with E-state index in [0.717, 1.165) is 13.2 Å². The molecule has 1 aromatic carbocycles. The second-order valence-corrected chi connectivity index (χ2v) is 2.84. The van der Waals surface area contributed by atoms with Crippen LogP contribution in [0.15, 0.2) is 6.07 Å². The number of phenols is 1. The van der Waals surface area contributed by atoms with Gasteiger partial charge in [-0.1, -0.05) is 0 Å². The maximum Gasteiger partial charge on any atom is 0.363 e. The molecule has 92 valence electrons. The molecule has 0 heterocycles. The van der Waals surface area contributed by atoms with Crippen molar-refractivity contribution in [1.82, 2.24) is 0 Å². The quantitative estimate of drug-likeness (QED) is 0.623. The van der Waals surface area contributed by atoms with Gasteiger partial charge in [0.25, 0.3) is 5.75 Å². The van der Waals surface area contributed by atoms with Crippen LogP contribution < -0.4 is 9.47 Å². The fourth-order valence-corrected chi connectivity index (χ4v) is 1.26. The van der Waals surface area contributed by atoms with Crippen molar-refractivity contribution in [3.63, 3.8) is 0 Å². The van der Waals surface area contributed by atoms with Crippen LogP contribution in [0.4, 0.5) is 11.4 Å². The fourth-order valence-electron chi connectivity index (χ4n) is 1.26. The van der Waals surface area contributed by atoms with Crippen LogP contribution in [-0.2, 0) is 0 Å². The van der Waals surface area contributed by atoms with Crippen LogP contribution in [0.3, 0.4) is 0 Å². The lowest BCUT2D eigenvalue weighted by Crippen LogP contribution is -2.00. The van der Waals surface area contributed by atoms with Gasteiger partial charge in [-0.25, -0.2) is 0 Å². The first-order valence-corrected chi connectivity index (χ1v) is 4.20. The molecule has 0 aliphatic rings. The molecule has 0 unspecified atom stereocenters. The topological polar surface area (TPSA) is 125 Å². The Kier molecular flexibility index (Phi) is 3.31. The average molecular weight is 244 g/mol. The number of hydrogen-bond donors (Lipinski definition) is 1. The van der Waals surface area contributed by atoms with E-state index in [1.165, 1.54) is 7.11 Å². The van der Waals surface area contributed by atoms with E-state index in [1.807, 2.05) is 0 Å². The van der Waals surface area contributed by atoms with E-state index in [9.17, 15) is 25.3 Å². The number of phenolic OH excluding ortho intramolecular Hbond substituents is 1. The van der Waals surface area contributed by atoms with E-state index in [1.54, 1.807) is 0 Å². The first-order valence-electron chi connectivity index (χ1n) is 4.20. The molecule has 17 heavy (non-hydrogen) atoms. The van der Waals surface area contributed by atoms with Crippen molar-refractivity contribution >= 4 is 11.4 Å². The van der Waals surface area contributed by atoms with Crippen LogP contribution >= 0.6 is 0 Å². The van der Waals surface area contributed by atoms with Crippen LogP contribution in [0.2, 0.25) is 0 Å². The molecule has 0 aliphatic carbocycles. The molecule has 0 spiro atoms. The van der Waals surface area contributed by atoms with Gasteiger partial charge in [0.05, 0.1) is 30.1 Å². The summed E-state index contributed by atoms with van der Waals surface area (Å²) in [5.41, 5.74) is -1.73. The maximum absolute atomic E-state index is 10.7. The van der Waals surface area contributed by atoms with E-state index < -0.39 is 27.0 Å². The van der Waals surface area contributed by atoms with Crippen LogP contribution in [0.5, 0.6) is 17.2 Å². The second kappa shape index (κ2) is 4.51. The normalized spacial score (nSPS) is 9.76. The second-order valence-electron chi connectivity index (χ2n) is 2.84. The van der Waals surface area contributed by atoms with Gasteiger partial charge >= 0.3 is 11.4 Å². The van der Waals surface area contributed by atoms with Gasteiger partial charge in [0.15, 0.2) is 5.75 Å². The zero-order chi connectivity index (χ0) is 13.2. The van der Waals surface area contributed by atoms with Gasteiger partial charge in [0.2, 0.25) is 5.75 Å². The van der Waals surface area contributed by atoms with Gasteiger partial charge in [0.1, 0.15) is 0 Å². The van der Waals surface area contributed by atoms with Gasteiger partial charge in [-0.15, -0.1) is 0 Å². The van der Waals surface area contributed by atoms with Crippen molar-refractivity contribution in [3.05, 3.63) is 26.3 Å². The van der Waals surface area contributed by atoms with E-state index in [-0.39, 0.29) is 11.5 Å². The monoisotopic (exact) mass is 244 g/mol. The lowest BCUT2D eigenvalue weighted by Gasteiger charge is -2.08. The number of benzene rings is 1. The number of hydrogen-bond acceptors (Lipinski definition) is 7. The third-order valence-electron chi connectivity index (χ3n) is 1.98. The number of nitro groups is 2. The average Bonchev–Trinajstić information content (AvgIpc) is 2.26. The number of nitro benzene ring substituents is 2. The minimum Gasteiger partial charge on any atom is -0.497 e. The molecule has 1 rings (SSSR count). The summed E-state index contributed by atoms with van der Waals surface area (Å²) in [6.07, 6.45) is 0. The third-order valence-corrected chi connectivity index (χ3v) is 1.98. The van der Waals surface area contributed by atoms with Crippen molar-refractivity contribution < 1.29 is 24.4 Å². The molecule has 9 heteroatoms. The summed E-state index contributed by atoms with van der Waals surface area (Å²) in [7, 11) is 2.29. The third kappa shape index (κ3) is 2.02. The van der Waals surface area contributed by atoms with Crippen molar-refractivity contribution in [2.75, 3.05) is 14.2 Å². The van der Waals surface area contributed by atoms with E-state index in [0.29, 0.717) is 0 Å². The van der Waals surface area contributed by atoms with Gasteiger partial charge in [-0.05, 0) is 0 Å². The zero-order valence-electron chi connectivity index (χ0n) is 8.87. The Labute approximate surface area is 94.5 Å². The molecule has 1 N–H and O–H groups in total. The van der Waals surface area contributed by atoms with Crippen LogP contribution in [0, 0.1) is 20.2 Å². The molecule has 0 amide bonds. The predicted molar refractivity (Wildman–Crippen MR) is 54.5 cm³/mol. The highest BCUT2D eigenvalue weighted by molar-refractivity contribution is 5.71. The molecule has 1 aromatic rings. The molecule has 0 aliphatic heterocycles. The number of nitrogens with zero attached hydrogens (tertiary/aromatic N) is 2. The Balaban J connectivity index is 3.69. The molecule has 0 atom stereocenters. The van der Waals surface area contributed by atoms with Gasteiger partial charge in [-0.2, -0.15) is 0 Å². The molecule has 0 fully saturated rings. The van der Waals surface area contributed by atoms with Crippen LogP contribution in [-0.4, -0.2) is 29.2 Å². The molecule has 0 bridgehead atoms. The highest BCUT2D eigenvalue weighted by Gasteiger charge is 2.33. The van der Waals surface area contributed by atoms with E-state index >= 15 is 0 Å². The Morgan fingerprint density at radius 2 is 1.76 bits per heavy atom.